The van der Waals surface area contributed by atoms with Crippen molar-refractivity contribution < 1.29 is 19.7 Å². The van der Waals surface area contributed by atoms with Crippen LogP contribution in [0.3, 0.4) is 0 Å². The van der Waals surface area contributed by atoms with Crippen molar-refractivity contribution in [2.24, 2.45) is 23.7 Å². The number of aliphatic hydroxyl groups is 2. The summed E-state index contributed by atoms with van der Waals surface area (Å²) in [5, 5.41) is 20.9. The van der Waals surface area contributed by atoms with Crippen LogP contribution in [0.5, 0.6) is 0 Å². The van der Waals surface area contributed by atoms with Gasteiger partial charge >= 0.3 is 0 Å². The number of hydrogen-bond acceptors (Lipinski definition) is 4. The molecular formula is C27H43NO4. The highest BCUT2D eigenvalue weighted by Crippen LogP contribution is 2.50. The van der Waals surface area contributed by atoms with Crippen molar-refractivity contribution in [1.82, 2.24) is 4.90 Å². The maximum Gasteiger partial charge on any atom is 0.249 e. The number of rotatable bonds is 10. The lowest BCUT2D eigenvalue weighted by Gasteiger charge is -2.30. The second kappa shape index (κ2) is 12.6. The summed E-state index contributed by atoms with van der Waals surface area (Å²) in [5.41, 5.74) is 1.36. The van der Waals surface area contributed by atoms with E-state index in [0.717, 1.165) is 19.3 Å². The molecule has 5 heteroatoms. The molecule has 0 radical (unpaired) electrons. The zero-order chi connectivity index (χ0) is 23.8. The Balaban J connectivity index is 1.85. The molecule has 2 aliphatic rings. The third kappa shape index (κ3) is 7.20. The smallest absolute Gasteiger partial charge is 0.249 e. The molecule has 32 heavy (non-hydrogen) atoms. The standard InChI is InChI=1S/C27H43NO4/c1-7-8-9-20(6)25(29)11-10-23-24-15-21(14-22(24)16-26(23)30)12-13-32-17-27(31)28(18(2)3)19(4)5/h10-12,18-20,22-26,29-30H,9,13-17H2,1-6H3/b11-10+,21-12+/t20-,22+,23-,24+,25-,26-/m1/s1. The summed E-state index contributed by atoms with van der Waals surface area (Å²) in [6.07, 6.45) is 8.53. The third-order valence-corrected chi connectivity index (χ3v) is 6.94. The maximum atomic E-state index is 12.4. The van der Waals surface area contributed by atoms with Gasteiger partial charge in [-0.2, -0.15) is 0 Å². The van der Waals surface area contributed by atoms with E-state index in [-0.39, 0.29) is 42.5 Å². The molecule has 2 aliphatic carbocycles. The molecule has 0 spiro atoms. The van der Waals surface area contributed by atoms with Crippen molar-refractivity contribution >= 4 is 5.91 Å². The number of carbonyl (C=O) groups is 1. The van der Waals surface area contributed by atoms with Gasteiger partial charge in [-0.05, 0) is 71.6 Å². The highest BCUT2D eigenvalue weighted by atomic mass is 16.5. The van der Waals surface area contributed by atoms with E-state index in [2.05, 4.69) is 17.9 Å². The van der Waals surface area contributed by atoms with Gasteiger partial charge in [-0.1, -0.05) is 30.7 Å². The van der Waals surface area contributed by atoms with Gasteiger partial charge in [-0.15, -0.1) is 11.8 Å². The fourth-order valence-electron chi connectivity index (χ4n) is 5.33. The first-order valence-corrected chi connectivity index (χ1v) is 12.2. The number of ether oxygens (including phenoxy) is 1. The number of aliphatic hydroxyl groups excluding tert-OH is 2. The summed E-state index contributed by atoms with van der Waals surface area (Å²) in [6.45, 7) is 12.5. The molecule has 2 saturated carbocycles. The third-order valence-electron chi connectivity index (χ3n) is 6.94. The van der Waals surface area contributed by atoms with Gasteiger partial charge < -0.3 is 19.8 Å². The van der Waals surface area contributed by atoms with Gasteiger partial charge in [0.25, 0.3) is 0 Å². The fourth-order valence-corrected chi connectivity index (χ4v) is 5.33. The Bertz CT molecular complexity index is 722. The summed E-state index contributed by atoms with van der Waals surface area (Å²) in [7, 11) is 0. The number of hydrogen-bond donors (Lipinski definition) is 2. The van der Waals surface area contributed by atoms with Gasteiger partial charge in [0.2, 0.25) is 5.91 Å². The normalized spacial score (nSPS) is 28.2. The lowest BCUT2D eigenvalue weighted by atomic mass is 9.89. The van der Waals surface area contributed by atoms with E-state index in [1.165, 1.54) is 5.57 Å². The predicted molar refractivity (Wildman–Crippen MR) is 129 cm³/mol. The summed E-state index contributed by atoms with van der Waals surface area (Å²) in [6, 6.07) is 0.326. The Kier molecular flexibility index (Phi) is 10.5. The average molecular weight is 446 g/mol. The van der Waals surface area contributed by atoms with Crippen molar-refractivity contribution in [3.8, 4) is 11.8 Å². The Hall–Kier alpha value is -1.61. The summed E-state index contributed by atoms with van der Waals surface area (Å²) in [5.74, 6) is 6.97. The molecule has 0 heterocycles. The first-order chi connectivity index (χ1) is 15.1. The van der Waals surface area contributed by atoms with E-state index in [9.17, 15) is 15.0 Å². The van der Waals surface area contributed by atoms with Crippen LogP contribution in [-0.2, 0) is 9.53 Å². The molecule has 1 amide bonds. The molecule has 6 atom stereocenters. The monoisotopic (exact) mass is 445 g/mol. The van der Waals surface area contributed by atoms with Crippen molar-refractivity contribution in [1.29, 1.82) is 0 Å². The maximum absolute atomic E-state index is 12.4. The summed E-state index contributed by atoms with van der Waals surface area (Å²) >= 11 is 0. The van der Waals surface area contributed by atoms with Crippen molar-refractivity contribution in [3.05, 3.63) is 23.8 Å². The molecule has 2 rings (SSSR count). The predicted octanol–water partition coefficient (Wildman–Crippen LogP) is 3.95. The molecule has 0 saturated heterocycles. The van der Waals surface area contributed by atoms with Gasteiger partial charge in [0, 0.05) is 24.4 Å². The number of allylic oxidation sites excluding steroid dienone is 1. The first-order valence-electron chi connectivity index (χ1n) is 12.2. The molecule has 0 aromatic carbocycles. The average Bonchev–Trinajstić information content (AvgIpc) is 3.23. The van der Waals surface area contributed by atoms with Crippen LogP contribution in [0.2, 0.25) is 0 Å². The summed E-state index contributed by atoms with van der Waals surface area (Å²) < 4.78 is 5.67. The van der Waals surface area contributed by atoms with Crippen molar-refractivity contribution in [3.63, 3.8) is 0 Å². The van der Waals surface area contributed by atoms with Crippen LogP contribution in [0.25, 0.3) is 0 Å². The Morgan fingerprint density at radius 1 is 1.22 bits per heavy atom. The SMILES string of the molecule is CC#CC[C@@H](C)[C@H](O)/C=C/[C@@H]1[C@H]2C/C(=C/COCC(=O)N(C(C)C)C(C)C)C[C@H]2C[C@H]1O. The van der Waals surface area contributed by atoms with Crippen LogP contribution in [0.4, 0.5) is 0 Å². The largest absolute Gasteiger partial charge is 0.392 e. The van der Waals surface area contributed by atoms with Crippen LogP contribution in [0.15, 0.2) is 23.8 Å². The van der Waals surface area contributed by atoms with E-state index >= 15 is 0 Å². The molecule has 0 aliphatic heterocycles. The van der Waals surface area contributed by atoms with Gasteiger partial charge in [0.15, 0.2) is 0 Å². The fraction of sp³-hybridized carbons (Fsp3) is 0.741. The van der Waals surface area contributed by atoms with Crippen molar-refractivity contribution in [2.45, 2.75) is 91.5 Å². The Labute approximate surface area is 194 Å². The number of nitrogens with zero attached hydrogens (tertiary/aromatic N) is 1. The zero-order valence-electron chi connectivity index (χ0n) is 20.8. The van der Waals surface area contributed by atoms with Gasteiger partial charge in [-0.3, -0.25) is 4.79 Å². The molecule has 5 nitrogen and oxygen atoms in total. The van der Waals surface area contributed by atoms with Crippen LogP contribution in [0.1, 0.15) is 67.2 Å². The molecule has 0 aromatic rings. The minimum atomic E-state index is -0.541. The van der Waals surface area contributed by atoms with Gasteiger partial charge in [-0.25, -0.2) is 0 Å². The Morgan fingerprint density at radius 3 is 2.53 bits per heavy atom. The van der Waals surface area contributed by atoms with Crippen LogP contribution >= 0.6 is 0 Å². The highest BCUT2D eigenvalue weighted by Gasteiger charge is 2.45. The molecule has 2 N–H and O–H groups in total. The number of amides is 1. The lowest BCUT2D eigenvalue weighted by molar-refractivity contribution is -0.139. The van der Waals surface area contributed by atoms with Crippen LogP contribution in [-0.4, -0.2) is 58.5 Å². The molecule has 0 aromatic heterocycles. The lowest BCUT2D eigenvalue weighted by Crippen LogP contribution is -2.43. The van der Waals surface area contributed by atoms with E-state index in [1.807, 2.05) is 58.6 Å². The number of carbonyl (C=O) groups excluding carboxylic acids is 1. The quantitative estimate of drug-likeness (QED) is 0.303. The highest BCUT2D eigenvalue weighted by molar-refractivity contribution is 5.78. The minimum Gasteiger partial charge on any atom is -0.392 e. The first kappa shape index (κ1) is 26.6. The van der Waals surface area contributed by atoms with Gasteiger partial charge in [0.1, 0.15) is 6.61 Å². The van der Waals surface area contributed by atoms with E-state index in [0.29, 0.717) is 24.9 Å². The van der Waals surface area contributed by atoms with E-state index in [4.69, 9.17) is 4.74 Å². The molecule has 0 unspecified atom stereocenters. The molecule has 0 bridgehead atoms. The zero-order valence-corrected chi connectivity index (χ0v) is 20.8. The second-order valence-electron chi connectivity index (χ2n) is 10.1. The number of fused-ring (bicyclic) bond motifs is 1. The van der Waals surface area contributed by atoms with E-state index in [1.54, 1.807) is 0 Å². The molecular weight excluding hydrogens is 402 g/mol. The summed E-state index contributed by atoms with van der Waals surface area (Å²) in [4.78, 5) is 14.3. The van der Waals surface area contributed by atoms with Crippen molar-refractivity contribution in [2.75, 3.05) is 13.2 Å². The van der Waals surface area contributed by atoms with Crippen LogP contribution in [0, 0.1) is 35.5 Å². The topological polar surface area (TPSA) is 70.0 Å². The molecule has 180 valence electrons. The van der Waals surface area contributed by atoms with Gasteiger partial charge in [0.05, 0.1) is 18.8 Å². The molecule has 2 fully saturated rings. The van der Waals surface area contributed by atoms with Crippen LogP contribution < -0.4 is 0 Å². The van der Waals surface area contributed by atoms with E-state index < -0.39 is 6.10 Å². The second-order valence-corrected chi connectivity index (χ2v) is 10.1. The Morgan fingerprint density at radius 2 is 1.91 bits per heavy atom. The minimum absolute atomic E-state index is 0.0303.